The Hall–Kier alpha value is -0.810. The molecule has 2 N–H and O–H groups in total. The highest BCUT2D eigenvalue weighted by Gasteiger charge is 2.30. The molecule has 5 nitrogen and oxygen atoms in total. The van der Waals surface area contributed by atoms with Crippen LogP contribution in [0.5, 0.6) is 0 Å². The zero-order valence-corrected chi connectivity index (χ0v) is 15.8. The van der Waals surface area contributed by atoms with Crippen LogP contribution >= 0.6 is 0 Å². The van der Waals surface area contributed by atoms with Gasteiger partial charge < -0.3 is 20.1 Å². The lowest BCUT2D eigenvalue weighted by molar-refractivity contribution is 0.00651. The van der Waals surface area contributed by atoms with Crippen molar-refractivity contribution in [2.45, 2.75) is 84.5 Å². The first kappa shape index (κ1) is 20.2. The fourth-order valence-electron chi connectivity index (χ4n) is 2.86. The Morgan fingerprint density at radius 3 is 2.17 bits per heavy atom. The van der Waals surface area contributed by atoms with E-state index in [4.69, 9.17) is 4.74 Å². The fourth-order valence-corrected chi connectivity index (χ4v) is 2.86. The van der Waals surface area contributed by atoms with Crippen LogP contribution in [0.3, 0.4) is 0 Å². The first-order chi connectivity index (χ1) is 10.5. The first-order valence-electron chi connectivity index (χ1n) is 8.88. The molecule has 0 spiro atoms. The standard InChI is InChI=1S/C18H36N2O3/c1-17(2,3)20(16(22)23-18(4,5)6)12-11-19-13-14-7-9-15(21)10-8-14/h14-15,19,21H,7-13H2,1-6H3. The molecular weight excluding hydrogens is 292 g/mol. The molecule has 1 amide bonds. The zero-order valence-electron chi connectivity index (χ0n) is 15.8. The van der Waals surface area contributed by atoms with E-state index in [1.807, 2.05) is 41.5 Å². The van der Waals surface area contributed by atoms with Crippen molar-refractivity contribution < 1.29 is 14.6 Å². The maximum Gasteiger partial charge on any atom is 0.410 e. The van der Waals surface area contributed by atoms with Gasteiger partial charge in [-0.3, -0.25) is 0 Å². The summed E-state index contributed by atoms with van der Waals surface area (Å²) in [7, 11) is 0. The van der Waals surface area contributed by atoms with Gasteiger partial charge in [-0.15, -0.1) is 0 Å². The lowest BCUT2D eigenvalue weighted by Gasteiger charge is -2.37. The van der Waals surface area contributed by atoms with Crippen molar-refractivity contribution in [2.75, 3.05) is 19.6 Å². The molecule has 0 radical (unpaired) electrons. The number of amides is 1. The monoisotopic (exact) mass is 328 g/mol. The van der Waals surface area contributed by atoms with Crippen LogP contribution in [-0.4, -0.2) is 53.0 Å². The fraction of sp³-hybridized carbons (Fsp3) is 0.944. The second kappa shape index (κ2) is 8.34. The Labute approximate surface area is 141 Å². The van der Waals surface area contributed by atoms with E-state index >= 15 is 0 Å². The largest absolute Gasteiger partial charge is 0.444 e. The molecule has 0 atom stereocenters. The number of rotatable bonds is 5. The van der Waals surface area contributed by atoms with Crippen LogP contribution in [0.2, 0.25) is 0 Å². The summed E-state index contributed by atoms with van der Waals surface area (Å²) >= 11 is 0. The van der Waals surface area contributed by atoms with Crippen LogP contribution in [0.1, 0.15) is 67.2 Å². The molecule has 1 rings (SSSR count). The smallest absolute Gasteiger partial charge is 0.410 e. The molecule has 0 aromatic heterocycles. The molecule has 5 heteroatoms. The minimum absolute atomic E-state index is 0.102. The third-order valence-corrected chi connectivity index (χ3v) is 4.19. The molecule has 0 heterocycles. The maximum atomic E-state index is 12.4. The van der Waals surface area contributed by atoms with Gasteiger partial charge in [-0.25, -0.2) is 4.79 Å². The summed E-state index contributed by atoms with van der Waals surface area (Å²) in [4.78, 5) is 14.2. The Morgan fingerprint density at radius 2 is 1.70 bits per heavy atom. The van der Waals surface area contributed by atoms with E-state index in [9.17, 15) is 9.90 Å². The minimum Gasteiger partial charge on any atom is -0.444 e. The van der Waals surface area contributed by atoms with Gasteiger partial charge in [0.15, 0.2) is 0 Å². The summed E-state index contributed by atoms with van der Waals surface area (Å²) in [6, 6.07) is 0. The number of nitrogens with one attached hydrogen (secondary N) is 1. The molecule has 1 saturated carbocycles. The van der Waals surface area contributed by atoms with Crippen LogP contribution < -0.4 is 5.32 Å². The predicted molar refractivity (Wildman–Crippen MR) is 93.5 cm³/mol. The van der Waals surface area contributed by atoms with E-state index < -0.39 is 5.60 Å². The van der Waals surface area contributed by atoms with E-state index in [2.05, 4.69) is 5.32 Å². The lowest BCUT2D eigenvalue weighted by atomic mass is 9.87. The molecule has 0 aromatic rings. The SMILES string of the molecule is CC(C)(C)OC(=O)N(CCNCC1CCC(O)CC1)C(C)(C)C. The number of carbonyl (C=O) groups is 1. The van der Waals surface area contributed by atoms with Crippen molar-refractivity contribution in [1.29, 1.82) is 0 Å². The second-order valence-corrected chi connectivity index (χ2v) is 8.68. The highest BCUT2D eigenvalue weighted by Crippen LogP contribution is 2.23. The Kier molecular flexibility index (Phi) is 7.33. The third kappa shape index (κ3) is 8.02. The number of nitrogens with zero attached hydrogens (tertiary/aromatic N) is 1. The summed E-state index contributed by atoms with van der Waals surface area (Å²) < 4.78 is 5.52. The van der Waals surface area contributed by atoms with Gasteiger partial charge in [0.2, 0.25) is 0 Å². The Morgan fingerprint density at radius 1 is 1.13 bits per heavy atom. The van der Waals surface area contributed by atoms with Crippen LogP contribution in [0.4, 0.5) is 4.79 Å². The molecule has 1 aliphatic rings. The molecule has 0 bridgehead atoms. The molecule has 1 fully saturated rings. The van der Waals surface area contributed by atoms with Gasteiger partial charge in [-0.2, -0.15) is 0 Å². The van der Waals surface area contributed by atoms with Gasteiger partial charge in [0, 0.05) is 18.6 Å². The van der Waals surface area contributed by atoms with Crippen molar-refractivity contribution >= 4 is 6.09 Å². The number of carbonyl (C=O) groups excluding carboxylic acids is 1. The number of hydrogen-bond donors (Lipinski definition) is 2. The Balaban J connectivity index is 2.39. The van der Waals surface area contributed by atoms with Gasteiger partial charge in [0.25, 0.3) is 0 Å². The molecule has 0 unspecified atom stereocenters. The van der Waals surface area contributed by atoms with Crippen LogP contribution in [-0.2, 0) is 4.74 Å². The summed E-state index contributed by atoms with van der Waals surface area (Å²) in [6.07, 6.45) is 3.64. The van der Waals surface area contributed by atoms with Gasteiger partial charge in [0.1, 0.15) is 5.60 Å². The summed E-state index contributed by atoms with van der Waals surface area (Å²) in [6.45, 7) is 14.1. The normalized spacial score (nSPS) is 22.7. The van der Waals surface area contributed by atoms with Crippen LogP contribution in [0, 0.1) is 5.92 Å². The number of aliphatic hydroxyl groups excluding tert-OH is 1. The molecule has 0 saturated heterocycles. The van der Waals surface area contributed by atoms with Gasteiger partial charge in [0.05, 0.1) is 6.10 Å². The summed E-state index contributed by atoms with van der Waals surface area (Å²) in [5, 5.41) is 13.0. The molecule has 0 aliphatic heterocycles. The minimum atomic E-state index is -0.475. The van der Waals surface area contributed by atoms with Crippen molar-refractivity contribution in [3.8, 4) is 0 Å². The van der Waals surface area contributed by atoms with Crippen molar-refractivity contribution in [1.82, 2.24) is 10.2 Å². The Bertz CT molecular complexity index is 363. The average Bonchev–Trinajstić information content (AvgIpc) is 2.37. The average molecular weight is 328 g/mol. The third-order valence-electron chi connectivity index (χ3n) is 4.19. The van der Waals surface area contributed by atoms with Gasteiger partial charge >= 0.3 is 6.09 Å². The van der Waals surface area contributed by atoms with Gasteiger partial charge in [-0.05, 0) is 79.7 Å². The van der Waals surface area contributed by atoms with Crippen LogP contribution in [0.15, 0.2) is 0 Å². The van der Waals surface area contributed by atoms with E-state index in [-0.39, 0.29) is 17.7 Å². The van der Waals surface area contributed by atoms with Crippen molar-refractivity contribution in [2.24, 2.45) is 5.92 Å². The first-order valence-corrected chi connectivity index (χ1v) is 8.88. The topological polar surface area (TPSA) is 61.8 Å². The lowest BCUT2D eigenvalue weighted by Crippen LogP contribution is -2.50. The number of hydrogen-bond acceptors (Lipinski definition) is 4. The molecule has 23 heavy (non-hydrogen) atoms. The molecule has 1 aliphatic carbocycles. The maximum absolute atomic E-state index is 12.4. The van der Waals surface area contributed by atoms with E-state index in [0.29, 0.717) is 12.5 Å². The highest BCUT2D eigenvalue weighted by molar-refractivity contribution is 5.69. The second-order valence-electron chi connectivity index (χ2n) is 8.68. The predicted octanol–water partition coefficient (Wildman–Crippen LogP) is 3.16. The van der Waals surface area contributed by atoms with Crippen molar-refractivity contribution in [3.63, 3.8) is 0 Å². The molecular formula is C18H36N2O3. The quantitative estimate of drug-likeness (QED) is 0.761. The summed E-state index contributed by atoms with van der Waals surface area (Å²) in [5.74, 6) is 0.642. The molecule has 0 aromatic carbocycles. The van der Waals surface area contributed by atoms with Crippen LogP contribution in [0.25, 0.3) is 0 Å². The van der Waals surface area contributed by atoms with E-state index in [1.54, 1.807) is 4.90 Å². The number of ether oxygens (including phenoxy) is 1. The zero-order chi connectivity index (χ0) is 17.7. The molecule has 136 valence electrons. The summed E-state index contributed by atoms with van der Waals surface area (Å²) in [5.41, 5.74) is -0.740. The van der Waals surface area contributed by atoms with Crippen molar-refractivity contribution in [3.05, 3.63) is 0 Å². The van der Waals surface area contributed by atoms with E-state index in [1.165, 1.54) is 0 Å². The van der Waals surface area contributed by atoms with Gasteiger partial charge in [-0.1, -0.05) is 0 Å². The van der Waals surface area contributed by atoms with E-state index in [0.717, 1.165) is 38.8 Å². The number of aliphatic hydroxyl groups is 1. The highest BCUT2D eigenvalue weighted by atomic mass is 16.6.